The second-order valence-electron chi connectivity index (χ2n) is 11.6. The molecule has 8 rings (SSSR count). The van der Waals surface area contributed by atoms with Crippen LogP contribution in [0.1, 0.15) is 59.2 Å². The number of carbonyl (C=O) groups excluding carboxylic acids is 1. The molecule has 0 aromatic heterocycles. The Hall–Kier alpha value is -2.64. The molecule has 7 heteroatoms. The molecule has 3 fully saturated rings. The predicted octanol–water partition coefficient (Wildman–Crippen LogP) is 3.12. The zero-order chi connectivity index (χ0) is 23.7. The maximum atomic E-state index is 13.9. The second kappa shape index (κ2) is 6.56. The molecule has 6 aliphatic rings. The van der Waals surface area contributed by atoms with Crippen molar-refractivity contribution in [2.45, 2.75) is 74.3 Å². The van der Waals surface area contributed by atoms with Gasteiger partial charge in [-0.05, 0) is 80.3 Å². The molecule has 1 saturated heterocycles. The standard InChI is InChI=1S/C28H29FN2O4/c29-18-5-3-17-14-31(26(33)19(17)12-18)20-7-8-28(34)22-11-16-4-6-21(32)24-23(16)27(28,25(20)35-24)9-10-30(22)13-15-1-2-15/h3-6,12,15,20,22,25,32,34H,1-2,7-11,13-14H2/t20?,22-,25+,27+,28-/m1/s1. The summed E-state index contributed by atoms with van der Waals surface area (Å²) in [5.74, 6) is 0.742. The first-order chi connectivity index (χ1) is 16.9. The van der Waals surface area contributed by atoms with Crippen LogP contribution in [0.2, 0.25) is 0 Å². The first kappa shape index (κ1) is 20.5. The Kier molecular flexibility index (Phi) is 3.85. The van der Waals surface area contributed by atoms with E-state index in [1.807, 2.05) is 11.0 Å². The number of benzene rings is 2. The molecule has 5 atom stereocenters. The van der Waals surface area contributed by atoms with Crippen LogP contribution in [0.15, 0.2) is 30.3 Å². The molecular weight excluding hydrogens is 447 g/mol. The summed E-state index contributed by atoms with van der Waals surface area (Å²) in [6.45, 7) is 2.33. The molecule has 2 aromatic rings. The smallest absolute Gasteiger partial charge is 0.254 e. The highest BCUT2D eigenvalue weighted by atomic mass is 19.1. The number of ether oxygens (including phenoxy) is 1. The first-order valence-electron chi connectivity index (χ1n) is 13.0. The van der Waals surface area contributed by atoms with Gasteiger partial charge in [-0.2, -0.15) is 0 Å². The van der Waals surface area contributed by atoms with E-state index in [2.05, 4.69) is 4.90 Å². The van der Waals surface area contributed by atoms with Crippen molar-refractivity contribution in [3.05, 3.63) is 58.4 Å². The molecule has 1 spiro atoms. The van der Waals surface area contributed by atoms with E-state index < -0.39 is 22.9 Å². The third kappa shape index (κ3) is 2.44. The van der Waals surface area contributed by atoms with Gasteiger partial charge in [0.1, 0.15) is 11.9 Å². The first-order valence-corrected chi connectivity index (χ1v) is 13.0. The fourth-order valence-corrected chi connectivity index (χ4v) is 8.34. The Morgan fingerprint density at radius 2 is 1.94 bits per heavy atom. The summed E-state index contributed by atoms with van der Waals surface area (Å²) >= 11 is 0. The van der Waals surface area contributed by atoms with Crippen LogP contribution >= 0.6 is 0 Å². The fourth-order valence-electron chi connectivity index (χ4n) is 8.34. The van der Waals surface area contributed by atoms with Gasteiger partial charge in [0, 0.05) is 30.3 Å². The number of aromatic hydroxyl groups is 1. The van der Waals surface area contributed by atoms with Crippen LogP contribution < -0.4 is 4.74 Å². The summed E-state index contributed by atoms with van der Waals surface area (Å²) < 4.78 is 20.5. The molecule has 2 N–H and O–H groups in total. The molecule has 1 unspecified atom stereocenters. The number of hydrogen-bond donors (Lipinski definition) is 2. The van der Waals surface area contributed by atoms with Crippen LogP contribution in [-0.2, 0) is 18.4 Å². The fraction of sp³-hybridized carbons (Fsp3) is 0.536. The third-order valence-electron chi connectivity index (χ3n) is 10.0. The highest BCUT2D eigenvalue weighted by Crippen LogP contribution is 2.66. The quantitative estimate of drug-likeness (QED) is 0.712. The number of halogens is 1. The minimum atomic E-state index is -0.977. The molecule has 2 saturated carbocycles. The van der Waals surface area contributed by atoms with Crippen molar-refractivity contribution in [3.63, 3.8) is 0 Å². The van der Waals surface area contributed by atoms with E-state index in [4.69, 9.17) is 4.74 Å². The van der Waals surface area contributed by atoms with Gasteiger partial charge in [0.15, 0.2) is 11.5 Å². The van der Waals surface area contributed by atoms with Gasteiger partial charge < -0.3 is 19.8 Å². The maximum Gasteiger partial charge on any atom is 0.254 e. The van der Waals surface area contributed by atoms with Crippen molar-refractivity contribution in [2.24, 2.45) is 5.92 Å². The van der Waals surface area contributed by atoms with Crippen LogP contribution in [0.25, 0.3) is 0 Å². The van der Waals surface area contributed by atoms with Gasteiger partial charge in [0.05, 0.1) is 17.1 Å². The molecule has 2 bridgehead atoms. The maximum absolute atomic E-state index is 13.9. The topological polar surface area (TPSA) is 73.2 Å². The van der Waals surface area contributed by atoms with Crippen molar-refractivity contribution >= 4 is 5.91 Å². The summed E-state index contributed by atoms with van der Waals surface area (Å²) in [5.41, 5.74) is 1.72. The molecule has 0 radical (unpaired) electrons. The molecule has 182 valence electrons. The molecular formula is C28H29FN2O4. The SMILES string of the molecule is O=C1c2cc(F)ccc2CN1C1CC[C@@]2(O)[C@H]3Cc4ccc(O)c5c4[C@@]2(CCN3CC2CC2)[C@H]1O5. The molecule has 6 nitrogen and oxygen atoms in total. The number of rotatable bonds is 3. The summed E-state index contributed by atoms with van der Waals surface area (Å²) in [7, 11) is 0. The Bertz CT molecular complexity index is 1290. The Morgan fingerprint density at radius 3 is 2.77 bits per heavy atom. The second-order valence-corrected chi connectivity index (χ2v) is 11.6. The lowest BCUT2D eigenvalue weighted by atomic mass is 9.48. The minimum absolute atomic E-state index is 0.00691. The lowest BCUT2D eigenvalue weighted by Crippen LogP contribution is -2.78. The zero-order valence-electron chi connectivity index (χ0n) is 19.5. The number of likely N-dealkylation sites (tertiary alicyclic amines) is 1. The Labute approximate surface area is 203 Å². The lowest BCUT2D eigenvalue weighted by molar-refractivity contribution is -0.198. The number of piperidine rings is 1. The van der Waals surface area contributed by atoms with Crippen LogP contribution in [0.3, 0.4) is 0 Å². The molecule has 2 aromatic carbocycles. The van der Waals surface area contributed by atoms with E-state index in [0.717, 1.165) is 48.5 Å². The van der Waals surface area contributed by atoms with Crippen molar-refractivity contribution < 1.29 is 24.1 Å². The lowest BCUT2D eigenvalue weighted by Gasteiger charge is -2.64. The van der Waals surface area contributed by atoms with Gasteiger partial charge in [-0.25, -0.2) is 4.39 Å². The third-order valence-corrected chi connectivity index (χ3v) is 10.0. The van der Waals surface area contributed by atoms with Crippen molar-refractivity contribution in [1.82, 2.24) is 9.80 Å². The number of hydrogen-bond acceptors (Lipinski definition) is 5. The predicted molar refractivity (Wildman–Crippen MR) is 125 cm³/mol. The minimum Gasteiger partial charge on any atom is -0.504 e. The average Bonchev–Trinajstić information content (AvgIpc) is 3.50. The zero-order valence-corrected chi connectivity index (χ0v) is 19.5. The number of phenolic OH excluding ortho intramolecular Hbond substituents is 1. The highest BCUT2D eigenvalue weighted by Gasteiger charge is 2.73. The van der Waals surface area contributed by atoms with Crippen molar-refractivity contribution in [3.8, 4) is 11.5 Å². The van der Waals surface area contributed by atoms with E-state index in [0.29, 0.717) is 30.7 Å². The number of amides is 1. The van der Waals surface area contributed by atoms with Crippen molar-refractivity contribution in [2.75, 3.05) is 13.1 Å². The van der Waals surface area contributed by atoms with Crippen LogP contribution in [-0.4, -0.2) is 62.8 Å². The van der Waals surface area contributed by atoms with Gasteiger partial charge >= 0.3 is 0 Å². The molecule has 1 amide bonds. The number of fused-ring (bicyclic) bond motifs is 1. The van der Waals surface area contributed by atoms with E-state index in [1.165, 1.54) is 25.0 Å². The number of phenols is 1. The van der Waals surface area contributed by atoms with Crippen LogP contribution in [0.4, 0.5) is 4.39 Å². The average molecular weight is 477 g/mol. The van der Waals surface area contributed by atoms with Crippen LogP contribution in [0.5, 0.6) is 11.5 Å². The number of carbonyl (C=O) groups is 1. The molecule has 3 aliphatic carbocycles. The number of aliphatic hydroxyl groups is 1. The van der Waals surface area contributed by atoms with E-state index in [1.54, 1.807) is 12.1 Å². The highest BCUT2D eigenvalue weighted by molar-refractivity contribution is 5.98. The Morgan fingerprint density at radius 1 is 1.11 bits per heavy atom. The van der Waals surface area contributed by atoms with Crippen molar-refractivity contribution in [1.29, 1.82) is 0 Å². The Balaban J connectivity index is 1.25. The summed E-state index contributed by atoms with van der Waals surface area (Å²) in [6.07, 6.45) is 4.77. The molecule has 3 heterocycles. The van der Waals surface area contributed by atoms with Crippen LogP contribution in [0, 0.1) is 11.7 Å². The van der Waals surface area contributed by atoms with E-state index in [-0.39, 0.29) is 23.7 Å². The molecule has 3 aliphatic heterocycles. The number of nitrogens with zero attached hydrogens (tertiary/aromatic N) is 2. The van der Waals surface area contributed by atoms with E-state index in [9.17, 15) is 19.4 Å². The summed E-state index contributed by atoms with van der Waals surface area (Å²) in [5, 5.41) is 23.4. The summed E-state index contributed by atoms with van der Waals surface area (Å²) in [6, 6.07) is 7.89. The van der Waals surface area contributed by atoms with Gasteiger partial charge in [-0.1, -0.05) is 12.1 Å². The summed E-state index contributed by atoms with van der Waals surface area (Å²) in [4.78, 5) is 17.8. The van der Waals surface area contributed by atoms with Gasteiger partial charge in [0.2, 0.25) is 0 Å². The van der Waals surface area contributed by atoms with Gasteiger partial charge in [-0.15, -0.1) is 0 Å². The largest absolute Gasteiger partial charge is 0.504 e. The molecule has 35 heavy (non-hydrogen) atoms. The van der Waals surface area contributed by atoms with Gasteiger partial charge in [-0.3, -0.25) is 9.69 Å². The van der Waals surface area contributed by atoms with Gasteiger partial charge in [0.25, 0.3) is 5.91 Å². The monoisotopic (exact) mass is 476 g/mol. The van der Waals surface area contributed by atoms with E-state index >= 15 is 0 Å². The normalized spacial score (nSPS) is 36.7.